The number of nitrogens with one attached hydrogen (secondary N) is 3. The van der Waals surface area contributed by atoms with Crippen LogP contribution in [0.1, 0.15) is 64.4 Å². The molecule has 0 aliphatic carbocycles. The van der Waals surface area contributed by atoms with Gasteiger partial charge in [0.05, 0.1) is 12.1 Å². The number of hydrogen-bond donors (Lipinski definition) is 4. The number of carbonyl (C=O) groups excluding carboxylic acids is 5. The van der Waals surface area contributed by atoms with Gasteiger partial charge in [-0.2, -0.15) is 4.73 Å². The van der Waals surface area contributed by atoms with E-state index in [1.807, 2.05) is 38.1 Å². The van der Waals surface area contributed by atoms with Gasteiger partial charge in [-0.15, -0.1) is 0 Å². The van der Waals surface area contributed by atoms with E-state index in [0.29, 0.717) is 32.2 Å². The third kappa shape index (κ3) is 7.61. The van der Waals surface area contributed by atoms with Gasteiger partial charge in [-0.05, 0) is 56.1 Å². The van der Waals surface area contributed by atoms with Gasteiger partial charge in [-0.3, -0.25) is 19.2 Å². The number of ether oxygens (including phenoxy) is 1. The Labute approximate surface area is 257 Å². The number of piperidine rings is 1. The molecule has 2 aliphatic rings. The van der Waals surface area contributed by atoms with Gasteiger partial charge in [0, 0.05) is 24.5 Å². The van der Waals surface area contributed by atoms with Gasteiger partial charge in [-0.1, -0.05) is 38.5 Å². The summed E-state index contributed by atoms with van der Waals surface area (Å²) in [5, 5.41) is 9.55. The molecule has 5 N–H and O–H groups in total. The molecule has 13 heteroatoms. The Kier molecular flexibility index (Phi) is 11.1. The van der Waals surface area contributed by atoms with Gasteiger partial charge in [-0.25, -0.2) is 4.79 Å². The van der Waals surface area contributed by atoms with Crippen molar-refractivity contribution in [3.8, 4) is 0 Å². The van der Waals surface area contributed by atoms with Crippen LogP contribution in [0.15, 0.2) is 30.5 Å². The number of para-hydroxylation sites is 1. The Hall–Kier alpha value is -4.29. The second-order valence-electron chi connectivity index (χ2n) is 11.6. The molecule has 2 aliphatic heterocycles. The average Bonchev–Trinajstić information content (AvgIpc) is 3.38. The van der Waals surface area contributed by atoms with Crippen molar-refractivity contribution in [2.24, 2.45) is 11.7 Å². The zero-order valence-electron chi connectivity index (χ0n) is 25.7. The highest BCUT2D eigenvalue weighted by molar-refractivity contribution is 5.98. The largest absolute Gasteiger partial charge is 0.450 e. The quantitative estimate of drug-likeness (QED) is 0.294. The predicted octanol–water partition coefficient (Wildman–Crippen LogP) is 1.40. The maximum atomic E-state index is 14.0. The van der Waals surface area contributed by atoms with Crippen LogP contribution in [-0.4, -0.2) is 83.8 Å². The summed E-state index contributed by atoms with van der Waals surface area (Å²) < 4.78 is 6.39. The molecule has 240 valence electrons. The lowest BCUT2D eigenvalue weighted by atomic mass is 9.93. The van der Waals surface area contributed by atoms with E-state index in [2.05, 4.69) is 16.0 Å². The van der Waals surface area contributed by atoms with Crippen LogP contribution in [0.5, 0.6) is 0 Å². The average molecular weight is 613 g/mol. The highest BCUT2D eigenvalue weighted by atomic mass is 16.6. The van der Waals surface area contributed by atoms with E-state index in [4.69, 9.17) is 15.3 Å². The number of rotatable bonds is 10. The number of benzene rings is 1. The van der Waals surface area contributed by atoms with Crippen molar-refractivity contribution in [2.75, 3.05) is 20.3 Å². The topological polar surface area (TPSA) is 174 Å². The van der Waals surface area contributed by atoms with Gasteiger partial charge < -0.3 is 36.2 Å². The molecule has 0 saturated carbocycles. The Morgan fingerprint density at radius 3 is 2.48 bits per heavy atom. The van der Waals surface area contributed by atoms with Crippen LogP contribution in [0.3, 0.4) is 0 Å². The number of carbonyl (C=O) groups is 5. The van der Waals surface area contributed by atoms with Crippen molar-refractivity contribution in [3.05, 3.63) is 36.0 Å². The van der Waals surface area contributed by atoms with E-state index in [9.17, 15) is 24.0 Å². The fourth-order valence-electron chi connectivity index (χ4n) is 5.98. The molecule has 0 spiro atoms. The smallest absolute Gasteiger partial charge is 0.404 e. The molecule has 13 nitrogen and oxygen atoms in total. The third-order valence-electron chi connectivity index (χ3n) is 8.64. The minimum atomic E-state index is -1.05. The van der Waals surface area contributed by atoms with E-state index < -0.39 is 48.0 Å². The number of hydrogen-bond acceptors (Lipinski definition) is 7. The molecule has 2 saturated heterocycles. The third-order valence-corrected chi connectivity index (χ3v) is 8.64. The molecule has 2 unspecified atom stereocenters. The SMILES string of the molecule is CCC(C)[C@@H]1NC(=O)[C@H](Cc2cn(OC)c3ccccc23)NC(=O)[C@H](CCCCOC(N)=O)NC(=O)C2CCCCN2C1=O. The molecule has 4 rings (SSSR count). The van der Waals surface area contributed by atoms with E-state index in [-0.39, 0.29) is 31.3 Å². The second kappa shape index (κ2) is 14.9. The molecule has 2 aromatic rings. The number of aromatic nitrogens is 1. The molecule has 3 heterocycles. The predicted molar refractivity (Wildman–Crippen MR) is 162 cm³/mol. The monoisotopic (exact) mass is 612 g/mol. The molecule has 5 atom stereocenters. The van der Waals surface area contributed by atoms with Crippen molar-refractivity contribution in [1.82, 2.24) is 25.6 Å². The lowest BCUT2D eigenvalue weighted by Crippen LogP contribution is -2.64. The highest BCUT2D eigenvalue weighted by Gasteiger charge is 2.40. The molecule has 1 aromatic carbocycles. The summed E-state index contributed by atoms with van der Waals surface area (Å²) in [6.07, 6.45) is 4.70. The van der Waals surface area contributed by atoms with E-state index in [1.165, 1.54) is 0 Å². The standard InChI is InChI=1S/C31H44N6O7/c1-4-19(2)26-30(41)36-15-9-7-14-25(36)29(40)33-22(12-8-10-16-44-31(32)42)27(38)34-23(28(39)35-26)17-20-18-37(43-3)24-13-6-5-11-21(20)24/h5-6,11,13,18-19,22-23,25-26H,4,7-10,12,14-17H2,1-3H3,(H2,32,42)(H,33,40)(H,34,38)(H,35,39)/t19?,22-,23-,25?,26-/m0/s1. The number of primary amides is 1. The number of fused-ring (bicyclic) bond motifs is 2. The molecule has 0 bridgehead atoms. The van der Waals surface area contributed by atoms with Gasteiger partial charge in [0.25, 0.3) is 0 Å². The molecule has 1 aromatic heterocycles. The fourth-order valence-corrected chi connectivity index (χ4v) is 5.98. The van der Waals surface area contributed by atoms with Gasteiger partial charge in [0.1, 0.15) is 31.3 Å². The summed E-state index contributed by atoms with van der Waals surface area (Å²) in [6.45, 7) is 4.30. The normalized spacial score (nSPS) is 23.8. The van der Waals surface area contributed by atoms with Crippen molar-refractivity contribution in [2.45, 2.75) is 89.4 Å². The zero-order valence-corrected chi connectivity index (χ0v) is 25.7. The van der Waals surface area contributed by atoms with Crippen LogP contribution in [0.2, 0.25) is 0 Å². The maximum absolute atomic E-state index is 14.0. The molecular weight excluding hydrogens is 568 g/mol. The summed E-state index contributed by atoms with van der Waals surface area (Å²) in [5.41, 5.74) is 6.61. The number of nitrogens with two attached hydrogens (primary N) is 1. The number of nitrogens with zero attached hydrogens (tertiary/aromatic N) is 2. The number of unbranched alkanes of at least 4 members (excludes halogenated alkanes) is 1. The van der Waals surface area contributed by atoms with E-state index in [0.717, 1.165) is 29.3 Å². The maximum Gasteiger partial charge on any atom is 0.404 e. The first-order valence-corrected chi connectivity index (χ1v) is 15.4. The van der Waals surface area contributed by atoms with Crippen LogP contribution < -0.4 is 26.5 Å². The molecule has 44 heavy (non-hydrogen) atoms. The molecule has 2 fully saturated rings. The van der Waals surface area contributed by atoms with Gasteiger partial charge in [0.2, 0.25) is 23.6 Å². The summed E-state index contributed by atoms with van der Waals surface area (Å²) >= 11 is 0. The Morgan fingerprint density at radius 1 is 1.02 bits per heavy atom. The lowest BCUT2D eigenvalue weighted by Gasteiger charge is -2.39. The van der Waals surface area contributed by atoms with Crippen molar-refractivity contribution in [3.63, 3.8) is 0 Å². The minimum Gasteiger partial charge on any atom is -0.450 e. The summed E-state index contributed by atoms with van der Waals surface area (Å²) in [5.74, 6) is -1.91. The zero-order chi connectivity index (χ0) is 31.8. The Balaban J connectivity index is 1.68. The summed E-state index contributed by atoms with van der Waals surface area (Å²) in [7, 11) is 1.54. The Morgan fingerprint density at radius 2 is 1.75 bits per heavy atom. The molecule has 5 amide bonds. The summed E-state index contributed by atoms with van der Waals surface area (Å²) in [6, 6.07) is 3.93. The van der Waals surface area contributed by atoms with Crippen molar-refractivity contribution < 1.29 is 33.5 Å². The van der Waals surface area contributed by atoms with Crippen molar-refractivity contribution in [1.29, 1.82) is 0 Å². The minimum absolute atomic E-state index is 0.0775. The highest BCUT2D eigenvalue weighted by Crippen LogP contribution is 2.24. The van der Waals surface area contributed by atoms with Crippen LogP contribution in [0.4, 0.5) is 4.79 Å². The number of amides is 5. The second-order valence-corrected chi connectivity index (χ2v) is 11.6. The first-order valence-electron chi connectivity index (χ1n) is 15.4. The van der Waals surface area contributed by atoms with E-state index >= 15 is 0 Å². The van der Waals surface area contributed by atoms with Crippen LogP contribution >= 0.6 is 0 Å². The Bertz CT molecular complexity index is 1360. The van der Waals surface area contributed by atoms with Crippen LogP contribution in [0, 0.1) is 5.92 Å². The fraction of sp³-hybridized carbons (Fsp3) is 0.581. The van der Waals surface area contributed by atoms with Crippen LogP contribution in [-0.2, 0) is 30.3 Å². The van der Waals surface area contributed by atoms with Crippen molar-refractivity contribution >= 4 is 40.6 Å². The lowest BCUT2D eigenvalue weighted by molar-refractivity contribution is -0.147. The first kappa shape index (κ1) is 32.6. The molecule has 0 radical (unpaired) electrons. The molecular formula is C31H44N6O7. The first-order chi connectivity index (χ1) is 21.1. The summed E-state index contributed by atoms with van der Waals surface area (Å²) in [4.78, 5) is 73.4. The van der Waals surface area contributed by atoms with E-state index in [1.54, 1.807) is 22.9 Å². The van der Waals surface area contributed by atoms with Crippen LogP contribution in [0.25, 0.3) is 10.9 Å². The van der Waals surface area contributed by atoms with Gasteiger partial charge in [0.15, 0.2) is 0 Å². The van der Waals surface area contributed by atoms with Gasteiger partial charge >= 0.3 is 6.09 Å².